The highest BCUT2D eigenvalue weighted by Crippen LogP contribution is 2.27. The zero-order valence-electron chi connectivity index (χ0n) is 6.09. The first-order valence-corrected chi connectivity index (χ1v) is 3.77. The summed E-state index contributed by atoms with van der Waals surface area (Å²) in [4.78, 5) is 11.2. The van der Waals surface area contributed by atoms with Gasteiger partial charge in [-0.05, 0) is 24.4 Å². The van der Waals surface area contributed by atoms with Gasteiger partial charge >= 0.3 is 0 Å². The molecule has 0 amide bonds. The van der Waals surface area contributed by atoms with E-state index in [1.165, 1.54) is 6.08 Å². The van der Waals surface area contributed by atoms with Crippen LogP contribution >= 0.6 is 23.2 Å². The molecule has 5 heteroatoms. The van der Waals surface area contributed by atoms with Crippen molar-refractivity contribution in [1.82, 2.24) is 9.97 Å². The van der Waals surface area contributed by atoms with Gasteiger partial charge in [0.15, 0.2) is 5.15 Å². The minimum Gasteiger partial charge on any atom is -0.259 e. The van der Waals surface area contributed by atoms with Crippen molar-refractivity contribution in [1.29, 1.82) is 0 Å². The maximum Gasteiger partial charge on any atom is 0.224 e. The topological polar surface area (TPSA) is 38.1 Å². The van der Waals surface area contributed by atoms with Crippen molar-refractivity contribution in [3.8, 4) is 0 Å². The maximum atomic E-state index is 5.70. The molecule has 0 atom stereocenters. The highest BCUT2D eigenvalue weighted by molar-refractivity contribution is 6.33. The van der Waals surface area contributed by atoms with E-state index in [1.54, 1.807) is 0 Å². The largest absolute Gasteiger partial charge is 0.259 e. The molecule has 1 rings (SSSR count). The van der Waals surface area contributed by atoms with E-state index in [0.29, 0.717) is 11.4 Å². The Labute approximate surface area is 79.8 Å². The Hall–Kier alpha value is -0.930. The first-order valence-electron chi connectivity index (χ1n) is 3.01. The van der Waals surface area contributed by atoms with Crippen LogP contribution in [0.25, 0.3) is 6.08 Å². The number of hydrogen-bond acceptors (Lipinski definition) is 3. The molecule has 0 saturated heterocycles. The fourth-order valence-electron chi connectivity index (χ4n) is 0.706. The summed E-state index contributed by atoms with van der Waals surface area (Å²) in [6.45, 7) is 6.85. The molecular formula is C7H5Cl2N3. The molecule has 0 N–H and O–H groups in total. The average molecular weight is 202 g/mol. The van der Waals surface area contributed by atoms with E-state index in [-0.39, 0.29) is 10.4 Å². The molecule has 0 fully saturated rings. The Morgan fingerprint density at radius 2 is 2.00 bits per heavy atom. The predicted octanol–water partition coefficient (Wildman–Crippen LogP) is 2.76. The third kappa shape index (κ3) is 1.62. The van der Waals surface area contributed by atoms with Crippen molar-refractivity contribution in [2.45, 2.75) is 0 Å². The Kier molecular flexibility index (Phi) is 2.78. The maximum absolute atomic E-state index is 5.70. The van der Waals surface area contributed by atoms with Crippen LogP contribution < -0.4 is 0 Å². The molecule has 0 spiro atoms. The van der Waals surface area contributed by atoms with Gasteiger partial charge in [-0.3, -0.25) is 4.99 Å². The molecule has 0 radical (unpaired) electrons. The van der Waals surface area contributed by atoms with Gasteiger partial charge in [0.25, 0.3) is 0 Å². The fourth-order valence-corrected chi connectivity index (χ4v) is 1.16. The molecule has 0 aliphatic carbocycles. The minimum atomic E-state index is 0.0716. The molecular weight excluding hydrogens is 197 g/mol. The quantitative estimate of drug-likeness (QED) is 0.420. The third-order valence-electron chi connectivity index (χ3n) is 1.19. The van der Waals surface area contributed by atoms with E-state index < -0.39 is 0 Å². The van der Waals surface area contributed by atoms with Gasteiger partial charge < -0.3 is 0 Å². The molecule has 0 aromatic carbocycles. The van der Waals surface area contributed by atoms with Crippen LogP contribution in [0.5, 0.6) is 0 Å². The van der Waals surface area contributed by atoms with Gasteiger partial charge in [0.1, 0.15) is 5.69 Å². The van der Waals surface area contributed by atoms with E-state index in [2.05, 4.69) is 28.3 Å². The smallest absolute Gasteiger partial charge is 0.224 e. The molecule has 0 aliphatic heterocycles. The SMILES string of the molecule is C=Cc1nc(Cl)nc(Cl)c1N=C. The van der Waals surface area contributed by atoms with Gasteiger partial charge in [-0.1, -0.05) is 18.2 Å². The van der Waals surface area contributed by atoms with Crippen LogP contribution in [0, 0.1) is 0 Å². The van der Waals surface area contributed by atoms with Gasteiger partial charge in [0.05, 0.1) is 5.69 Å². The normalized spacial score (nSPS) is 9.50. The number of halogens is 2. The van der Waals surface area contributed by atoms with E-state index >= 15 is 0 Å². The molecule has 12 heavy (non-hydrogen) atoms. The second kappa shape index (κ2) is 3.65. The number of aliphatic imine (C=N–C) groups is 1. The van der Waals surface area contributed by atoms with E-state index in [9.17, 15) is 0 Å². The molecule has 3 nitrogen and oxygen atoms in total. The van der Waals surface area contributed by atoms with E-state index in [4.69, 9.17) is 23.2 Å². The first kappa shape index (κ1) is 9.16. The van der Waals surface area contributed by atoms with Gasteiger partial charge in [-0.15, -0.1) is 0 Å². The molecule has 1 aromatic heterocycles. The van der Waals surface area contributed by atoms with E-state index in [1.807, 2.05) is 0 Å². The van der Waals surface area contributed by atoms with Crippen LogP contribution in [0.1, 0.15) is 5.69 Å². The first-order chi connectivity index (χ1) is 5.69. The van der Waals surface area contributed by atoms with Crippen molar-refractivity contribution >= 4 is 41.7 Å². The molecule has 0 aliphatic rings. The van der Waals surface area contributed by atoms with Crippen molar-refractivity contribution in [3.05, 3.63) is 22.7 Å². The predicted molar refractivity (Wildman–Crippen MR) is 51.4 cm³/mol. The zero-order valence-corrected chi connectivity index (χ0v) is 7.60. The molecule has 1 aromatic rings. The second-order valence-electron chi connectivity index (χ2n) is 1.88. The van der Waals surface area contributed by atoms with Crippen molar-refractivity contribution in [3.63, 3.8) is 0 Å². The summed E-state index contributed by atoms with van der Waals surface area (Å²) < 4.78 is 0. The number of aromatic nitrogens is 2. The van der Waals surface area contributed by atoms with Crippen molar-refractivity contribution < 1.29 is 0 Å². The van der Waals surface area contributed by atoms with E-state index in [0.717, 1.165) is 0 Å². The van der Waals surface area contributed by atoms with Crippen LogP contribution in [-0.2, 0) is 0 Å². The Bertz CT molecular complexity index is 336. The van der Waals surface area contributed by atoms with Gasteiger partial charge in [0, 0.05) is 0 Å². The van der Waals surface area contributed by atoms with Crippen LogP contribution in [0.4, 0.5) is 5.69 Å². The number of rotatable bonds is 2. The molecule has 62 valence electrons. The van der Waals surface area contributed by atoms with Gasteiger partial charge in [-0.25, -0.2) is 9.97 Å². The van der Waals surface area contributed by atoms with Crippen LogP contribution in [0.15, 0.2) is 11.6 Å². The average Bonchev–Trinajstić information content (AvgIpc) is 2.03. The lowest BCUT2D eigenvalue weighted by Gasteiger charge is -2.00. The van der Waals surface area contributed by atoms with Crippen molar-refractivity contribution in [2.24, 2.45) is 4.99 Å². The summed E-state index contributed by atoms with van der Waals surface area (Å²) in [6.07, 6.45) is 1.49. The standard InChI is InChI=1S/C7H5Cl2N3/c1-3-4-5(10-2)6(8)12-7(9)11-4/h3H,1-2H2. The van der Waals surface area contributed by atoms with Crippen LogP contribution in [-0.4, -0.2) is 16.7 Å². The third-order valence-corrected chi connectivity index (χ3v) is 1.63. The summed E-state index contributed by atoms with van der Waals surface area (Å²) in [5.41, 5.74) is 0.881. The lowest BCUT2D eigenvalue weighted by molar-refractivity contribution is 1.14. The summed E-state index contributed by atoms with van der Waals surface area (Å²) in [5, 5.41) is 0.252. The summed E-state index contributed by atoms with van der Waals surface area (Å²) >= 11 is 11.2. The number of nitrogens with zero attached hydrogens (tertiary/aromatic N) is 3. The van der Waals surface area contributed by atoms with Crippen molar-refractivity contribution in [2.75, 3.05) is 0 Å². The minimum absolute atomic E-state index is 0.0716. The monoisotopic (exact) mass is 201 g/mol. The van der Waals surface area contributed by atoms with Crippen LogP contribution in [0.2, 0.25) is 10.4 Å². The van der Waals surface area contributed by atoms with Crippen LogP contribution in [0.3, 0.4) is 0 Å². The van der Waals surface area contributed by atoms with Gasteiger partial charge in [-0.2, -0.15) is 0 Å². The molecule has 1 heterocycles. The fraction of sp³-hybridized carbons (Fsp3) is 0. The lowest BCUT2D eigenvalue weighted by Crippen LogP contribution is -1.88. The summed E-state index contributed by atoms with van der Waals surface area (Å²) in [5.74, 6) is 0. The summed E-state index contributed by atoms with van der Waals surface area (Å²) in [7, 11) is 0. The second-order valence-corrected chi connectivity index (χ2v) is 2.58. The lowest BCUT2D eigenvalue weighted by atomic mass is 10.3. The summed E-state index contributed by atoms with van der Waals surface area (Å²) in [6, 6.07) is 0. The Balaban J connectivity index is 3.43. The number of hydrogen-bond donors (Lipinski definition) is 0. The molecule has 0 saturated carbocycles. The molecule has 0 bridgehead atoms. The zero-order chi connectivity index (χ0) is 9.14. The Morgan fingerprint density at radius 3 is 2.50 bits per heavy atom. The highest BCUT2D eigenvalue weighted by atomic mass is 35.5. The highest BCUT2D eigenvalue weighted by Gasteiger charge is 2.07. The molecule has 0 unspecified atom stereocenters. The van der Waals surface area contributed by atoms with Gasteiger partial charge in [0.2, 0.25) is 5.28 Å². The Morgan fingerprint density at radius 1 is 1.33 bits per heavy atom.